The molecule has 6 nitrogen and oxygen atoms in total. The van der Waals surface area contributed by atoms with Gasteiger partial charge in [-0.25, -0.2) is 4.98 Å². The van der Waals surface area contributed by atoms with Gasteiger partial charge >= 0.3 is 0 Å². The van der Waals surface area contributed by atoms with Crippen LogP contribution in [-0.4, -0.2) is 26.0 Å². The highest BCUT2D eigenvalue weighted by molar-refractivity contribution is 8.18. The zero-order valence-electron chi connectivity index (χ0n) is 15.9. The van der Waals surface area contributed by atoms with E-state index in [1.165, 1.54) is 6.08 Å². The van der Waals surface area contributed by atoms with Gasteiger partial charge in [-0.3, -0.25) is 14.5 Å². The number of nitrogens with zero attached hydrogens (tertiary/aromatic N) is 3. The van der Waals surface area contributed by atoms with Gasteiger partial charge in [-0.1, -0.05) is 41.4 Å². The third-order valence-corrected chi connectivity index (χ3v) is 6.10. The van der Waals surface area contributed by atoms with Crippen molar-refractivity contribution in [2.24, 2.45) is 0 Å². The first kappa shape index (κ1) is 22.5. The van der Waals surface area contributed by atoms with E-state index in [0.29, 0.717) is 21.2 Å². The van der Waals surface area contributed by atoms with Crippen LogP contribution >= 0.6 is 46.6 Å². The fourth-order valence-electron chi connectivity index (χ4n) is 2.81. The fourth-order valence-corrected chi connectivity index (χ4v) is 4.29. The molecule has 1 aliphatic heterocycles. The lowest BCUT2D eigenvalue weighted by Gasteiger charge is -2.14. The molecule has 0 aliphatic carbocycles. The lowest BCUT2D eigenvalue weighted by atomic mass is 10.2. The van der Waals surface area contributed by atoms with Crippen molar-refractivity contribution in [3.63, 3.8) is 0 Å². The Kier molecular flexibility index (Phi) is 6.66. The molecule has 0 radical (unpaired) electrons. The lowest BCUT2D eigenvalue weighted by Crippen LogP contribution is -2.27. The molecule has 0 bridgehead atoms. The summed E-state index contributed by atoms with van der Waals surface area (Å²) in [6.45, 7) is -0.0442. The number of hydrogen-bond acceptors (Lipinski definition) is 6. The Labute approximate surface area is 201 Å². The van der Waals surface area contributed by atoms with Crippen LogP contribution in [0.5, 0.6) is 11.6 Å². The zero-order chi connectivity index (χ0) is 22.8. The van der Waals surface area contributed by atoms with Gasteiger partial charge in [-0.05, 0) is 59.3 Å². The minimum atomic E-state index is -0.779. The first-order valence-corrected chi connectivity index (χ1v) is 10.9. The summed E-state index contributed by atoms with van der Waals surface area (Å²) in [5.74, 6) is -1.33. The summed E-state index contributed by atoms with van der Waals surface area (Å²) >= 11 is 18.8. The molecule has 4 rings (SSSR count). The number of halogens is 4. The molecule has 11 heteroatoms. The molecule has 2 heterocycles. The maximum Gasteiger partial charge on any atom is 0.293 e. The highest BCUT2D eigenvalue weighted by Gasteiger charge is 2.35. The maximum absolute atomic E-state index is 13.8. The molecule has 1 fully saturated rings. The van der Waals surface area contributed by atoms with Crippen molar-refractivity contribution in [3.05, 3.63) is 85.8 Å². The van der Waals surface area contributed by atoms with Gasteiger partial charge in [0, 0.05) is 15.6 Å². The molecule has 1 aromatic heterocycles. The van der Waals surface area contributed by atoms with E-state index in [9.17, 15) is 14.0 Å². The molecule has 0 unspecified atom stereocenters. The van der Waals surface area contributed by atoms with Gasteiger partial charge in [0.2, 0.25) is 11.1 Å². The summed E-state index contributed by atoms with van der Waals surface area (Å²) < 4.78 is 19.3. The second kappa shape index (κ2) is 9.46. The van der Waals surface area contributed by atoms with Crippen LogP contribution in [0.1, 0.15) is 11.1 Å². The molecule has 0 N–H and O–H groups in total. The molecular weight excluding hydrogens is 500 g/mol. The van der Waals surface area contributed by atoms with E-state index < -0.39 is 17.0 Å². The molecule has 0 spiro atoms. The highest BCUT2D eigenvalue weighted by atomic mass is 35.5. The second-order valence-corrected chi connectivity index (χ2v) is 8.58. The van der Waals surface area contributed by atoms with Crippen LogP contribution < -0.4 is 4.74 Å². The number of thioether (sulfide) groups is 1. The Bertz CT molecular complexity index is 1250. The fraction of sp³-hybridized carbons (Fsp3) is 0.0476. The third kappa shape index (κ3) is 4.88. The number of ether oxygens (including phenoxy) is 1. The standard InChI is InChI=1S/C21H11Cl3FN3O3S/c22-14-5-2-6-15(23)13(14)10-28-19(29)17(32-21(28)30)8-11-3-1-4-12(7-11)31-18-16(25)9-26-20(24)27-18/h1-9H,10H2/b17-8+. The number of carbonyl (C=O) groups excluding carboxylic acids is 2. The van der Waals surface area contributed by atoms with Crippen LogP contribution in [0.2, 0.25) is 15.3 Å². The monoisotopic (exact) mass is 509 g/mol. The van der Waals surface area contributed by atoms with Crippen molar-refractivity contribution in [2.45, 2.75) is 6.54 Å². The van der Waals surface area contributed by atoms with Crippen molar-refractivity contribution in [1.82, 2.24) is 14.9 Å². The van der Waals surface area contributed by atoms with E-state index >= 15 is 0 Å². The number of carbonyl (C=O) groups is 2. The van der Waals surface area contributed by atoms with Crippen molar-refractivity contribution in [3.8, 4) is 11.6 Å². The third-order valence-electron chi connectivity index (χ3n) is 4.30. The maximum atomic E-state index is 13.8. The minimum Gasteiger partial charge on any atom is -0.436 e. The summed E-state index contributed by atoms with van der Waals surface area (Å²) in [6.07, 6.45) is 2.44. The number of amides is 2. The molecule has 0 saturated carbocycles. The molecule has 0 atom stereocenters. The van der Waals surface area contributed by atoms with E-state index in [2.05, 4.69) is 9.97 Å². The van der Waals surface area contributed by atoms with E-state index in [-0.39, 0.29) is 28.4 Å². The highest BCUT2D eigenvalue weighted by Crippen LogP contribution is 2.36. The quantitative estimate of drug-likeness (QED) is 0.284. The van der Waals surface area contributed by atoms with Crippen LogP contribution in [0.3, 0.4) is 0 Å². The predicted molar refractivity (Wildman–Crippen MR) is 121 cm³/mol. The molecule has 2 aromatic carbocycles. The van der Waals surface area contributed by atoms with Crippen LogP contribution in [0.4, 0.5) is 9.18 Å². The smallest absolute Gasteiger partial charge is 0.293 e. The number of imide groups is 1. The summed E-state index contributed by atoms with van der Waals surface area (Å²) in [4.78, 5) is 33.8. The van der Waals surface area contributed by atoms with Crippen molar-refractivity contribution < 1.29 is 18.7 Å². The molecule has 162 valence electrons. The van der Waals surface area contributed by atoms with E-state index in [1.807, 2.05) is 0 Å². The van der Waals surface area contributed by atoms with Crippen LogP contribution in [0.15, 0.2) is 53.6 Å². The zero-order valence-corrected chi connectivity index (χ0v) is 19.0. The summed E-state index contributed by atoms with van der Waals surface area (Å²) in [6, 6.07) is 11.4. The summed E-state index contributed by atoms with van der Waals surface area (Å²) in [5, 5.41) is 0.122. The van der Waals surface area contributed by atoms with Gasteiger partial charge in [-0.2, -0.15) is 9.37 Å². The van der Waals surface area contributed by atoms with Gasteiger partial charge in [-0.15, -0.1) is 0 Å². The minimum absolute atomic E-state index is 0.0442. The Morgan fingerprint density at radius 2 is 1.81 bits per heavy atom. The van der Waals surface area contributed by atoms with Crippen LogP contribution in [0.25, 0.3) is 6.08 Å². The van der Waals surface area contributed by atoms with Crippen molar-refractivity contribution in [1.29, 1.82) is 0 Å². The molecule has 32 heavy (non-hydrogen) atoms. The molecule has 1 saturated heterocycles. The summed E-state index contributed by atoms with van der Waals surface area (Å²) in [7, 11) is 0. The van der Waals surface area contributed by atoms with E-state index in [1.54, 1.807) is 42.5 Å². The van der Waals surface area contributed by atoms with Crippen molar-refractivity contribution >= 4 is 63.8 Å². The second-order valence-electron chi connectivity index (χ2n) is 6.43. The Hall–Kier alpha value is -2.65. The Morgan fingerprint density at radius 1 is 1.09 bits per heavy atom. The average Bonchev–Trinajstić information content (AvgIpc) is 3.01. The number of rotatable bonds is 5. The first-order valence-electron chi connectivity index (χ1n) is 8.96. The van der Waals surface area contributed by atoms with Crippen LogP contribution in [0, 0.1) is 5.82 Å². The molecular formula is C21H11Cl3FN3O3S. The number of aromatic nitrogens is 2. The molecule has 2 amide bonds. The largest absolute Gasteiger partial charge is 0.436 e. The van der Waals surface area contributed by atoms with Gasteiger partial charge in [0.25, 0.3) is 17.0 Å². The average molecular weight is 511 g/mol. The summed E-state index contributed by atoms with van der Waals surface area (Å²) in [5.41, 5.74) is 1.05. The Balaban J connectivity index is 1.55. The lowest BCUT2D eigenvalue weighted by molar-refractivity contribution is -0.123. The molecule has 1 aliphatic rings. The number of hydrogen-bond donors (Lipinski definition) is 0. The van der Waals surface area contributed by atoms with Crippen molar-refractivity contribution in [2.75, 3.05) is 0 Å². The van der Waals surface area contributed by atoms with E-state index in [0.717, 1.165) is 22.9 Å². The SMILES string of the molecule is O=C1S/C(=C/c2cccc(Oc3nc(Cl)ncc3F)c2)C(=O)N1Cc1c(Cl)cccc1Cl. The Morgan fingerprint density at radius 3 is 2.56 bits per heavy atom. The van der Waals surface area contributed by atoms with Gasteiger partial charge in [0.05, 0.1) is 17.6 Å². The topological polar surface area (TPSA) is 72.4 Å². The normalized spacial score (nSPS) is 15.0. The predicted octanol–water partition coefficient (Wildman–Crippen LogP) is 6.60. The van der Waals surface area contributed by atoms with Gasteiger partial charge in [0.1, 0.15) is 5.75 Å². The van der Waals surface area contributed by atoms with E-state index in [4.69, 9.17) is 39.5 Å². The number of benzene rings is 2. The van der Waals surface area contributed by atoms with Gasteiger partial charge in [0.15, 0.2) is 0 Å². The van der Waals surface area contributed by atoms with Gasteiger partial charge < -0.3 is 4.74 Å². The van der Waals surface area contributed by atoms with Crippen LogP contribution in [-0.2, 0) is 11.3 Å². The molecule has 3 aromatic rings. The first-order chi connectivity index (χ1) is 15.3.